The maximum Gasteiger partial charge on any atom is 0.407 e. The van der Waals surface area contributed by atoms with E-state index in [2.05, 4.69) is 16.6 Å². The number of ether oxygens (including phenoxy) is 4. The highest BCUT2D eigenvalue weighted by Crippen LogP contribution is 2.44. The van der Waals surface area contributed by atoms with Crippen LogP contribution < -0.4 is 5.32 Å². The molecule has 1 N–H and O–H groups in total. The van der Waals surface area contributed by atoms with Crippen LogP contribution in [0.5, 0.6) is 0 Å². The number of carbonyl (C=O) groups is 2. The predicted molar refractivity (Wildman–Crippen MR) is 68.1 cm³/mol. The fourth-order valence-electron chi connectivity index (χ4n) is 2.43. The van der Waals surface area contributed by atoms with E-state index in [-0.39, 0.29) is 18.5 Å². The molecule has 7 nitrogen and oxygen atoms in total. The van der Waals surface area contributed by atoms with Crippen molar-refractivity contribution < 1.29 is 28.5 Å². The van der Waals surface area contributed by atoms with Gasteiger partial charge in [0.1, 0.15) is 11.7 Å². The first-order chi connectivity index (χ1) is 9.54. The normalized spacial score (nSPS) is 35.2. The van der Waals surface area contributed by atoms with Crippen molar-refractivity contribution in [1.82, 2.24) is 5.32 Å². The molecule has 2 fully saturated rings. The van der Waals surface area contributed by atoms with E-state index in [0.29, 0.717) is 13.0 Å². The molecule has 0 aromatic heterocycles. The Morgan fingerprint density at radius 3 is 2.75 bits per heavy atom. The lowest BCUT2D eigenvalue weighted by molar-refractivity contribution is -0.157. The Hall–Kier alpha value is -1.60. The van der Waals surface area contributed by atoms with Gasteiger partial charge in [0.15, 0.2) is 6.10 Å². The molecule has 20 heavy (non-hydrogen) atoms. The van der Waals surface area contributed by atoms with Gasteiger partial charge in [-0.3, -0.25) is 4.79 Å². The van der Waals surface area contributed by atoms with Gasteiger partial charge < -0.3 is 24.3 Å². The van der Waals surface area contributed by atoms with Gasteiger partial charge >= 0.3 is 12.1 Å². The number of hydrogen-bond acceptors (Lipinski definition) is 6. The number of rotatable bonds is 4. The SMILES string of the molecule is C=C[C@H]1O[C@H](CC(=O)OC)C[C@@]2(CO2)[C@@H]1OC(=O)NC. The third-order valence-corrected chi connectivity index (χ3v) is 3.55. The van der Waals surface area contributed by atoms with Crippen molar-refractivity contribution >= 4 is 12.1 Å². The van der Waals surface area contributed by atoms with Crippen LogP contribution in [0.25, 0.3) is 0 Å². The summed E-state index contributed by atoms with van der Waals surface area (Å²) in [4.78, 5) is 22.8. The number of hydrogen-bond donors (Lipinski definition) is 1. The highest BCUT2D eigenvalue weighted by molar-refractivity contribution is 5.70. The Morgan fingerprint density at radius 2 is 2.25 bits per heavy atom. The molecule has 0 unspecified atom stereocenters. The third-order valence-electron chi connectivity index (χ3n) is 3.55. The summed E-state index contributed by atoms with van der Waals surface area (Å²) in [6, 6.07) is 0. The Kier molecular flexibility index (Phi) is 4.29. The first-order valence-electron chi connectivity index (χ1n) is 6.42. The number of carbonyl (C=O) groups excluding carboxylic acids is 2. The third kappa shape index (κ3) is 2.94. The smallest absolute Gasteiger partial charge is 0.407 e. The molecule has 0 aliphatic carbocycles. The molecule has 0 saturated carbocycles. The molecule has 0 bridgehead atoms. The van der Waals surface area contributed by atoms with Crippen LogP contribution in [0.4, 0.5) is 4.79 Å². The average molecular weight is 285 g/mol. The van der Waals surface area contributed by atoms with Crippen molar-refractivity contribution in [3.8, 4) is 0 Å². The van der Waals surface area contributed by atoms with E-state index in [9.17, 15) is 9.59 Å². The molecule has 2 aliphatic heterocycles. The Balaban J connectivity index is 2.07. The maximum atomic E-state index is 11.4. The van der Waals surface area contributed by atoms with Crippen LogP contribution in [0.3, 0.4) is 0 Å². The molecule has 2 heterocycles. The van der Waals surface area contributed by atoms with Crippen LogP contribution in [-0.4, -0.2) is 56.7 Å². The molecule has 2 saturated heterocycles. The summed E-state index contributed by atoms with van der Waals surface area (Å²) in [7, 11) is 2.81. The van der Waals surface area contributed by atoms with Crippen molar-refractivity contribution in [3.05, 3.63) is 12.7 Å². The van der Waals surface area contributed by atoms with Crippen LogP contribution in [0.15, 0.2) is 12.7 Å². The predicted octanol–water partition coefficient (Wildman–Crippen LogP) is 0.387. The largest absolute Gasteiger partial charge is 0.469 e. The summed E-state index contributed by atoms with van der Waals surface area (Å²) in [6.07, 6.45) is 0.212. The lowest BCUT2D eigenvalue weighted by Gasteiger charge is -2.38. The minimum atomic E-state index is -0.581. The Morgan fingerprint density at radius 1 is 1.55 bits per heavy atom. The molecular weight excluding hydrogens is 266 g/mol. The molecule has 2 aliphatic rings. The van der Waals surface area contributed by atoms with E-state index in [1.165, 1.54) is 14.2 Å². The van der Waals surface area contributed by atoms with E-state index >= 15 is 0 Å². The van der Waals surface area contributed by atoms with Crippen molar-refractivity contribution in [1.29, 1.82) is 0 Å². The second kappa shape index (κ2) is 5.80. The summed E-state index contributed by atoms with van der Waals surface area (Å²) >= 11 is 0. The van der Waals surface area contributed by atoms with E-state index < -0.39 is 23.9 Å². The molecule has 112 valence electrons. The number of nitrogens with one attached hydrogen (secondary N) is 1. The maximum absolute atomic E-state index is 11.4. The van der Waals surface area contributed by atoms with Gasteiger partial charge in [0.05, 0.1) is 26.2 Å². The highest BCUT2D eigenvalue weighted by atomic mass is 16.7. The lowest BCUT2D eigenvalue weighted by Crippen LogP contribution is -2.53. The summed E-state index contributed by atoms with van der Waals surface area (Å²) in [6.45, 7) is 4.16. The highest BCUT2D eigenvalue weighted by Gasteiger charge is 2.60. The van der Waals surface area contributed by atoms with E-state index in [1.54, 1.807) is 6.08 Å². The first kappa shape index (κ1) is 14.8. The summed E-state index contributed by atoms with van der Waals surface area (Å²) in [5, 5.41) is 2.39. The van der Waals surface area contributed by atoms with Crippen LogP contribution in [0.1, 0.15) is 12.8 Å². The van der Waals surface area contributed by atoms with Crippen molar-refractivity contribution in [2.45, 2.75) is 36.8 Å². The van der Waals surface area contributed by atoms with Crippen LogP contribution in [0, 0.1) is 0 Å². The number of amides is 1. The molecule has 4 atom stereocenters. The monoisotopic (exact) mass is 285 g/mol. The summed E-state index contributed by atoms with van der Waals surface area (Å²) < 4.78 is 21.2. The fraction of sp³-hybridized carbons (Fsp3) is 0.692. The lowest BCUT2D eigenvalue weighted by atomic mass is 9.87. The fourth-order valence-corrected chi connectivity index (χ4v) is 2.43. The van der Waals surface area contributed by atoms with Crippen LogP contribution in [-0.2, 0) is 23.7 Å². The van der Waals surface area contributed by atoms with Gasteiger partial charge in [-0.05, 0) is 0 Å². The number of methoxy groups -OCH3 is 1. The zero-order chi connectivity index (χ0) is 14.8. The van der Waals surface area contributed by atoms with Crippen LogP contribution >= 0.6 is 0 Å². The quantitative estimate of drug-likeness (QED) is 0.457. The standard InChI is InChI=1S/C13H19NO6/c1-4-9-11(20-12(16)14-2)13(7-18-13)6-8(19-9)5-10(15)17-3/h4,8-9,11H,1,5-7H2,2-3H3,(H,14,16)/t8-,9-,11-,13-/m1/s1. The van der Waals surface area contributed by atoms with E-state index in [1.807, 2.05) is 0 Å². The van der Waals surface area contributed by atoms with Gasteiger partial charge in [-0.15, -0.1) is 6.58 Å². The zero-order valence-corrected chi connectivity index (χ0v) is 11.6. The van der Waals surface area contributed by atoms with E-state index in [0.717, 1.165) is 0 Å². The molecular formula is C13H19NO6. The second-order valence-corrected chi connectivity index (χ2v) is 4.87. The minimum absolute atomic E-state index is 0.138. The second-order valence-electron chi connectivity index (χ2n) is 4.87. The number of epoxide rings is 1. The topological polar surface area (TPSA) is 86.4 Å². The molecule has 1 amide bonds. The van der Waals surface area contributed by atoms with Crippen molar-refractivity contribution in [3.63, 3.8) is 0 Å². The summed E-state index contributed by atoms with van der Waals surface area (Å²) in [5.41, 5.74) is -0.581. The van der Waals surface area contributed by atoms with Gasteiger partial charge in [0.25, 0.3) is 0 Å². The molecule has 0 aromatic carbocycles. The van der Waals surface area contributed by atoms with Crippen LogP contribution in [0.2, 0.25) is 0 Å². The first-order valence-corrected chi connectivity index (χ1v) is 6.42. The molecule has 0 radical (unpaired) electrons. The minimum Gasteiger partial charge on any atom is -0.469 e. The van der Waals surface area contributed by atoms with Crippen molar-refractivity contribution in [2.75, 3.05) is 20.8 Å². The van der Waals surface area contributed by atoms with Gasteiger partial charge in [0.2, 0.25) is 0 Å². The summed E-state index contributed by atoms with van der Waals surface area (Å²) in [5.74, 6) is -0.348. The van der Waals surface area contributed by atoms with Gasteiger partial charge in [0, 0.05) is 13.5 Å². The zero-order valence-electron chi connectivity index (χ0n) is 11.6. The van der Waals surface area contributed by atoms with Gasteiger partial charge in [-0.25, -0.2) is 4.79 Å². The van der Waals surface area contributed by atoms with E-state index in [4.69, 9.17) is 14.2 Å². The Labute approximate surface area is 117 Å². The molecule has 1 spiro atoms. The van der Waals surface area contributed by atoms with Gasteiger partial charge in [-0.2, -0.15) is 0 Å². The van der Waals surface area contributed by atoms with Crippen molar-refractivity contribution in [2.24, 2.45) is 0 Å². The molecule has 2 rings (SSSR count). The Bertz CT molecular complexity index is 406. The molecule has 0 aromatic rings. The average Bonchev–Trinajstić information content (AvgIpc) is 3.21. The molecule has 7 heteroatoms. The number of esters is 1. The van der Waals surface area contributed by atoms with Gasteiger partial charge in [-0.1, -0.05) is 6.08 Å². The number of alkyl carbamates (subject to hydrolysis) is 1.